The van der Waals surface area contributed by atoms with E-state index in [9.17, 15) is 4.39 Å². The van der Waals surface area contributed by atoms with E-state index in [0.717, 1.165) is 0 Å². The van der Waals surface area contributed by atoms with Gasteiger partial charge in [-0.05, 0) is 12.1 Å². The number of nitrogens with one attached hydrogen (secondary N) is 1. The minimum Gasteiger partial charge on any atom is -0.276 e. The molecule has 0 spiro atoms. The van der Waals surface area contributed by atoms with Crippen molar-refractivity contribution in [2.75, 3.05) is 0 Å². The summed E-state index contributed by atoms with van der Waals surface area (Å²) in [7, 11) is 0. The Morgan fingerprint density at radius 1 is 1.38 bits per heavy atom. The zero-order valence-corrected chi connectivity index (χ0v) is 7.35. The maximum atomic E-state index is 12.8. The van der Waals surface area contributed by atoms with Crippen molar-refractivity contribution >= 4 is 11.6 Å². The van der Waals surface area contributed by atoms with Gasteiger partial charge in [0.15, 0.2) is 0 Å². The Morgan fingerprint density at radius 2 is 2.23 bits per heavy atom. The number of benzene rings is 1. The van der Waals surface area contributed by atoms with E-state index in [2.05, 4.69) is 10.2 Å². The molecule has 2 aromatic rings. The summed E-state index contributed by atoms with van der Waals surface area (Å²) >= 11 is 5.81. The van der Waals surface area contributed by atoms with Crippen LogP contribution in [0.25, 0.3) is 11.3 Å². The van der Waals surface area contributed by atoms with Gasteiger partial charge in [0.1, 0.15) is 5.82 Å². The van der Waals surface area contributed by atoms with E-state index >= 15 is 0 Å². The number of halogens is 2. The van der Waals surface area contributed by atoms with Crippen LogP contribution in [0.4, 0.5) is 4.39 Å². The summed E-state index contributed by atoms with van der Waals surface area (Å²) in [5, 5.41) is 6.94. The SMILES string of the molecule is Fc1cccc(-c2[nH]ncc2Cl)c1. The van der Waals surface area contributed by atoms with Gasteiger partial charge in [-0.2, -0.15) is 5.10 Å². The molecule has 0 saturated heterocycles. The number of aromatic nitrogens is 2. The molecule has 0 bridgehead atoms. The van der Waals surface area contributed by atoms with Crippen molar-refractivity contribution in [1.82, 2.24) is 10.2 Å². The number of hydrogen-bond donors (Lipinski definition) is 1. The third kappa shape index (κ3) is 1.55. The first kappa shape index (κ1) is 8.26. The predicted octanol–water partition coefficient (Wildman–Crippen LogP) is 2.87. The predicted molar refractivity (Wildman–Crippen MR) is 49.0 cm³/mol. The van der Waals surface area contributed by atoms with Gasteiger partial charge in [0.25, 0.3) is 0 Å². The normalized spacial score (nSPS) is 10.3. The molecule has 0 fully saturated rings. The van der Waals surface area contributed by atoms with Crippen molar-refractivity contribution in [2.45, 2.75) is 0 Å². The number of nitrogens with zero attached hydrogens (tertiary/aromatic N) is 1. The van der Waals surface area contributed by atoms with E-state index in [4.69, 9.17) is 11.6 Å². The first-order valence-corrected chi connectivity index (χ1v) is 4.10. The molecular weight excluding hydrogens is 191 g/mol. The van der Waals surface area contributed by atoms with E-state index in [1.54, 1.807) is 12.1 Å². The molecule has 2 rings (SSSR count). The molecule has 0 atom stereocenters. The molecule has 0 aliphatic rings. The molecule has 66 valence electrons. The monoisotopic (exact) mass is 196 g/mol. The molecule has 0 unspecified atom stereocenters. The average molecular weight is 197 g/mol. The first-order valence-electron chi connectivity index (χ1n) is 3.72. The Morgan fingerprint density at radius 3 is 2.85 bits per heavy atom. The van der Waals surface area contributed by atoms with Crippen LogP contribution in [0.1, 0.15) is 0 Å². The highest BCUT2D eigenvalue weighted by atomic mass is 35.5. The molecule has 0 aliphatic heterocycles. The van der Waals surface area contributed by atoms with Crippen molar-refractivity contribution in [3.8, 4) is 11.3 Å². The molecule has 2 nitrogen and oxygen atoms in total. The lowest BCUT2D eigenvalue weighted by atomic mass is 10.1. The fourth-order valence-electron chi connectivity index (χ4n) is 1.12. The number of H-pyrrole nitrogens is 1. The minimum absolute atomic E-state index is 0.289. The molecule has 0 amide bonds. The summed E-state index contributed by atoms with van der Waals surface area (Å²) in [4.78, 5) is 0. The minimum atomic E-state index is -0.289. The van der Waals surface area contributed by atoms with Crippen LogP contribution < -0.4 is 0 Å². The molecular formula is C9H6ClFN2. The van der Waals surface area contributed by atoms with Crippen LogP contribution in [-0.4, -0.2) is 10.2 Å². The quantitative estimate of drug-likeness (QED) is 0.747. The Hall–Kier alpha value is -1.35. The van der Waals surface area contributed by atoms with Gasteiger partial charge in [-0.3, -0.25) is 5.10 Å². The maximum absolute atomic E-state index is 12.8. The van der Waals surface area contributed by atoms with Gasteiger partial charge < -0.3 is 0 Å². The van der Waals surface area contributed by atoms with Crippen molar-refractivity contribution in [3.05, 3.63) is 41.3 Å². The van der Waals surface area contributed by atoms with E-state index in [-0.39, 0.29) is 5.82 Å². The second-order valence-corrected chi connectivity index (χ2v) is 3.01. The van der Waals surface area contributed by atoms with Gasteiger partial charge in [-0.15, -0.1) is 0 Å². The Bertz CT molecular complexity index is 425. The van der Waals surface area contributed by atoms with Gasteiger partial charge in [0.2, 0.25) is 0 Å². The number of rotatable bonds is 1. The van der Waals surface area contributed by atoms with Crippen LogP contribution in [-0.2, 0) is 0 Å². The maximum Gasteiger partial charge on any atom is 0.123 e. The van der Waals surface area contributed by atoms with E-state index < -0.39 is 0 Å². The largest absolute Gasteiger partial charge is 0.276 e. The number of hydrogen-bond acceptors (Lipinski definition) is 1. The van der Waals surface area contributed by atoms with E-state index in [0.29, 0.717) is 16.3 Å². The van der Waals surface area contributed by atoms with Crippen LogP contribution in [0.5, 0.6) is 0 Å². The van der Waals surface area contributed by atoms with E-state index in [1.807, 2.05) is 0 Å². The molecule has 0 saturated carbocycles. The van der Waals surface area contributed by atoms with Crippen LogP contribution in [0.3, 0.4) is 0 Å². The fourth-order valence-corrected chi connectivity index (χ4v) is 1.32. The lowest BCUT2D eigenvalue weighted by Crippen LogP contribution is -1.80. The summed E-state index contributed by atoms with van der Waals surface area (Å²) in [5.74, 6) is -0.289. The molecule has 1 heterocycles. The van der Waals surface area contributed by atoms with Crippen LogP contribution in [0, 0.1) is 5.82 Å². The second kappa shape index (κ2) is 3.18. The molecule has 13 heavy (non-hydrogen) atoms. The lowest BCUT2D eigenvalue weighted by Gasteiger charge is -1.97. The average Bonchev–Trinajstić information content (AvgIpc) is 2.51. The smallest absolute Gasteiger partial charge is 0.123 e. The van der Waals surface area contributed by atoms with Gasteiger partial charge in [-0.25, -0.2) is 4.39 Å². The zero-order chi connectivity index (χ0) is 9.26. The summed E-state index contributed by atoms with van der Waals surface area (Å²) < 4.78 is 12.8. The standard InChI is InChI=1S/C9H6ClFN2/c10-8-5-12-13-9(8)6-2-1-3-7(11)4-6/h1-5H,(H,12,13). The molecule has 0 aliphatic carbocycles. The molecule has 1 N–H and O–H groups in total. The van der Waals surface area contributed by atoms with Gasteiger partial charge >= 0.3 is 0 Å². The Kier molecular flexibility index (Phi) is 2.02. The van der Waals surface area contributed by atoms with Crippen molar-refractivity contribution in [1.29, 1.82) is 0 Å². The highest BCUT2D eigenvalue weighted by molar-refractivity contribution is 6.32. The van der Waals surface area contributed by atoms with Crippen molar-refractivity contribution in [3.63, 3.8) is 0 Å². The summed E-state index contributed by atoms with van der Waals surface area (Å²) in [6, 6.07) is 6.18. The van der Waals surface area contributed by atoms with Gasteiger partial charge in [0.05, 0.1) is 16.9 Å². The summed E-state index contributed by atoms with van der Waals surface area (Å²) in [6.07, 6.45) is 1.49. The van der Waals surface area contributed by atoms with Crippen LogP contribution in [0.15, 0.2) is 30.5 Å². The Balaban J connectivity index is 2.53. The summed E-state index contributed by atoms with van der Waals surface area (Å²) in [6.45, 7) is 0. The highest BCUT2D eigenvalue weighted by Crippen LogP contribution is 2.24. The molecule has 4 heteroatoms. The van der Waals surface area contributed by atoms with Crippen LogP contribution in [0.2, 0.25) is 5.02 Å². The first-order chi connectivity index (χ1) is 6.27. The topological polar surface area (TPSA) is 28.7 Å². The van der Waals surface area contributed by atoms with E-state index in [1.165, 1.54) is 18.3 Å². The molecule has 0 radical (unpaired) electrons. The zero-order valence-electron chi connectivity index (χ0n) is 6.59. The summed E-state index contributed by atoms with van der Waals surface area (Å²) in [5.41, 5.74) is 1.34. The van der Waals surface area contributed by atoms with Gasteiger partial charge in [0, 0.05) is 5.56 Å². The third-order valence-corrected chi connectivity index (χ3v) is 1.99. The third-order valence-electron chi connectivity index (χ3n) is 1.71. The fraction of sp³-hybridized carbons (Fsp3) is 0. The van der Waals surface area contributed by atoms with Gasteiger partial charge in [-0.1, -0.05) is 23.7 Å². The molecule has 1 aromatic heterocycles. The van der Waals surface area contributed by atoms with Crippen molar-refractivity contribution in [2.24, 2.45) is 0 Å². The second-order valence-electron chi connectivity index (χ2n) is 2.60. The van der Waals surface area contributed by atoms with Crippen LogP contribution >= 0.6 is 11.6 Å². The lowest BCUT2D eigenvalue weighted by molar-refractivity contribution is 0.628. The number of aromatic amines is 1. The Labute approximate surface area is 79.4 Å². The van der Waals surface area contributed by atoms with Crippen molar-refractivity contribution < 1.29 is 4.39 Å². The molecule has 1 aromatic carbocycles. The highest BCUT2D eigenvalue weighted by Gasteiger charge is 2.05.